The van der Waals surface area contributed by atoms with Crippen LogP contribution in [0.3, 0.4) is 0 Å². The second-order valence-electron chi connectivity index (χ2n) is 12.4. The number of nitrogens with one attached hydrogen (secondary N) is 1. The Morgan fingerprint density at radius 3 is 1.94 bits per heavy atom. The van der Waals surface area contributed by atoms with Gasteiger partial charge < -0.3 is 25.3 Å². The molecule has 1 heterocycles. The van der Waals surface area contributed by atoms with Gasteiger partial charge in [0.15, 0.2) is 0 Å². The lowest BCUT2D eigenvalue weighted by atomic mass is 9.99. The molecule has 6 rings (SSSR count). The van der Waals surface area contributed by atoms with Gasteiger partial charge in [0.1, 0.15) is 5.75 Å². The summed E-state index contributed by atoms with van der Waals surface area (Å²) < 4.78 is 8.16. The fourth-order valence-corrected chi connectivity index (χ4v) is 6.45. The topological polar surface area (TPSA) is 79.6 Å². The molecule has 0 fully saturated rings. The number of anilines is 4. The maximum atomic E-state index is 7.86. The number of nitrogens with two attached hydrogens (primary N) is 1. The molecule has 0 amide bonds. The van der Waals surface area contributed by atoms with E-state index in [1.807, 2.05) is 67.7 Å². The number of hydrogen-bond donors (Lipinski definition) is 2. The van der Waals surface area contributed by atoms with Crippen molar-refractivity contribution < 1.29 is 4.74 Å². The maximum absolute atomic E-state index is 7.86. The molecule has 1 aromatic heterocycles. The van der Waals surface area contributed by atoms with Crippen molar-refractivity contribution in [1.29, 1.82) is 5.41 Å². The van der Waals surface area contributed by atoms with Gasteiger partial charge in [-0.2, -0.15) is 0 Å². The third-order valence-electron chi connectivity index (χ3n) is 9.09. The molecule has 0 spiro atoms. The predicted octanol–water partition coefficient (Wildman–Crippen LogP) is 11.2. The zero-order valence-electron chi connectivity index (χ0n) is 28.2. The van der Waals surface area contributed by atoms with Gasteiger partial charge in [0, 0.05) is 63.5 Å². The molecule has 1 atom stereocenters. The molecule has 48 heavy (non-hydrogen) atoms. The number of aliphatic imine (C=N–C) groups is 1. The molecule has 1 unspecified atom stereocenters. The molecule has 0 saturated carbocycles. The summed E-state index contributed by atoms with van der Waals surface area (Å²) in [6.07, 6.45) is 8.27. The van der Waals surface area contributed by atoms with E-state index in [-0.39, 0.29) is 0 Å². The average molecular weight is 636 g/mol. The normalized spacial score (nSPS) is 12.1. The molecule has 0 saturated heterocycles. The Morgan fingerprint density at radius 2 is 1.35 bits per heavy atom. The minimum absolute atomic E-state index is 0.629. The molecule has 6 heteroatoms. The van der Waals surface area contributed by atoms with E-state index in [4.69, 9.17) is 20.9 Å². The highest BCUT2D eigenvalue weighted by Crippen LogP contribution is 2.37. The van der Waals surface area contributed by atoms with Crippen molar-refractivity contribution in [2.45, 2.75) is 53.0 Å². The number of nitrogens with zero attached hydrogens (tertiary/aromatic N) is 3. The Kier molecular flexibility index (Phi) is 10.2. The molecular weight excluding hydrogens is 590 g/mol. The first-order valence-corrected chi connectivity index (χ1v) is 17.1. The Balaban J connectivity index is 1.30. The number of aromatic nitrogens is 1. The Hall–Kier alpha value is -5.36. The monoisotopic (exact) mass is 635 g/mol. The van der Waals surface area contributed by atoms with Gasteiger partial charge in [-0.1, -0.05) is 45.2 Å². The summed E-state index contributed by atoms with van der Waals surface area (Å²) in [6, 6.07) is 37.3. The van der Waals surface area contributed by atoms with Crippen molar-refractivity contribution in [2.24, 2.45) is 10.9 Å². The molecule has 0 aliphatic rings. The standard InChI is InChI=1S/C42H45N5O/c1-4-7-8-30(5-2)29-46-41-23-9-31(27-43)25-39(41)40-26-32(10-24-42(40)46)28-45-34-13-17-36(18-14-34)47(35-15-11-33(44)12-16-35)37-19-21-38(22-20-37)48-6-3/h9-28,30,43H,4-8,29,44H2,1-3H3. The van der Waals surface area contributed by atoms with Gasteiger partial charge in [-0.3, -0.25) is 4.99 Å². The molecule has 0 aliphatic carbocycles. The molecular formula is C42H45N5O. The van der Waals surface area contributed by atoms with Gasteiger partial charge in [0.25, 0.3) is 0 Å². The first-order valence-electron chi connectivity index (χ1n) is 17.1. The maximum Gasteiger partial charge on any atom is 0.119 e. The van der Waals surface area contributed by atoms with E-state index in [0.29, 0.717) is 12.5 Å². The van der Waals surface area contributed by atoms with E-state index in [1.165, 1.54) is 53.7 Å². The van der Waals surface area contributed by atoms with Crippen molar-refractivity contribution in [3.05, 3.63) is 120 Å². The van der Waals surface area contributed by atoms with Crippen LogP contribution >= 0.6 is 0 Å². The SMILES string of the molecule is CCCCC(CC)Cn1c2ccc(C=N)cc2c2cc(C=Nc3ccc(N(c4ccc(N)cc4)c4ccc(OCC)cc4)cc3)ccc21. The van der Waals surface area contributed by atoms with Crippen LogP contribution in [0.4, 0.5) is 28.4 Å². The van der Waals surface area contributed by atoms with Gasteiger partial charge in [0.05, 0.1) is 12.3 Å². The van der Waals surface area contributed by atoms with Crippen LogP contribution in [0.25, 0.3) is 21.8 Å². The Labute approximate surface area is 284 Å². The van der Waals surface area contributed by atoms with Crippen molar-refractivity contribution in [3.8, 4) is 5.75 Å². The molecule has 3 N–H and O–H groups in total. The predicted molar refractivity (Wildman–Crippen MR) is 205 cm³/mol. The first-order chi connectivity index (χ1) is 23.5. The van der Waals surface area contributed by atoms with E-state index >= 15 is 0 Å². The molecule has 0 aliphatic heterocycles. The van der Waals surface area contributed by atoms with E-state index in [2.05, 4.69) is 77.9 Å². The Bertz CT molecular complexity index is 2010. The summed E-state index contributed by atoms with van der Waals surface area (Å²) in [5, 5.41) is 10.3. The number of nitrogen functional groups attached to an aromatic ring is 1. The summed E-state index contributed by atoms with van der Waals surface area (Å²) >= 11 is 0. The van der Waals surface area contributed by atoms with Crippen molar-refractivity contribution >= 4 is 62.7 Å². The van der Waals surface area contributed by atoms with Crippen LogP contribution in [0.2, 0.25) is 0 Å². The van der Waals surface area contributed by atoms with E-state index in [0.717, 1.165) is 51.9 Å². The molecule has 5 aromatic carbocycles. The van der Waals surface area contributed by atoms with Crippen molar-refractivity contribution in [3.63, 3.8) is 0 Å². The van der Waals surface area contributed by atoms with Crippen LogP contribution in [0.1, 0.15) is 57.6 Å². The zero-order chi connectivity index (χ0) is 33.5. The van der Waals surface area contributed by atoms with Crippen LogP contribution in [0.5, 0.6) is 5.75 Å². The number of rotatable bonds is 14. The highest BCUT2D eigenvalue weighted by atomic mass is 16.5. The molecule has 0 radical (unpaired) electrons. The van der Waals surface area contributed by atoms with Gasteiger partial charge in [-0.15, -0.1) is 0 Å². The van der Waals surface area contributed by atoms with Gasteiger partial charge in [0.2, 0.25) is 0 Å². The van der Waals surface area contributed by atoms with Gasteiger partial charge in [-0.05, 0) is 127 Å². The van der Waals surface area contributed by atoms with E-state index in [1.54, 1.807) is 0 Å². The molecule has 0 bridgehead atoms. The van der Waals surface area contributed by atoms with E-state index in [9.17, 15) is 0 Å². The lowest BCUT2D eigenvalue weighted by Gasteiger charge is -2.25. The van der Waals surface area contributed by atoms with Crippen LogP contribution in [0.15, 0.2) is 114 Å². The van der Waals surface area contributed by atoms with Crippen LogP contribution in [-0.4, -0.2) is 23.6 Å². The summed E-state index contributed by atoms with van der Waals surface area (Å²) in [5.41, 5.74) is 15.1. The second kappa shape index (κ2) is 15.0. The number of hydrogen-bond acceptors (Lipinski definition) is 5. The fraction of sp³-hybridized carbons (Fsp3) is 0.238. The van der Waals surface area contributed by atoms with Crippen molar-refractivity contribution in [2.75, 3.05) is 17.2 Å². The third kappa shape index (κ3) is 7.13. The quantitative estimate of drug-likeness (QED) is 0.0923. The van der Waals surface area contributed by atoms with Crippen LogP contribution in [-0.2, 0) is 6.54 Å². The molecule has 244 valence electrons. The van der Waals surface area contributed by atoms with E-state index < -0.39 is 0 Å². The number of unbranched alkanes of at least 4 members (excludes halogenated alkanes) is 1. The minimum Gasteiger partial charge on any atom is -0.494 e. The number of benzene rings is 5. The van der Waals surface area contributed by atoms with Crippen LogP contribution in [0, 0.1) is 11.3 Å². The summed E-state index contributed by atoms with van der Waals surface area (Å²) in [6.45, 7) is 8.19. The summed E-state index contributed by atoms with van der Waals surface area (Å²) in [7, 11) is 0. The lowest BCUT2D eigenvalue weighted by molar-refractivity contribution is 0.340. The smallest absolute Gasteiger partial charge is 0.119 e. The lowest BCUT2D eigenvalue weighted by Crippen LogP contribution is -2.10. The third-order valence-corrected chi connectivity index (χ3v) is 9.09. The number of ether oxygens (including phenoxy) is 1. The average Bonchev–Trinajstić information content (AvgIpc) is 3.42. The zero-order valence-corrected chi connectivity index (χ0v) is 28.2. The number of fused-ring (bicyclic) bond motifs is 3. The molecule has 6 nitrogen and oxygen atoms in total. The minimum atomic E-state index is 0.629. The largest absolute Gasteiger partial charge is 0.494 e. The van der Waals surface area contributed by atoms with Gasteiger partial charge >= 0.3 is 0 Å². The second-order valence-corrected chi connectivity index (χ2v) is 12.4. The molecule has 6 aromatic rings. The fourth-order valence-electron chi connectivity index (χ4n) is 6.45. The highest BCUT2D eigenvalue weighted by Gasteiger charge is 2.16. The summed E-state index contributed by atoms with van der Waals surface area (Å²) in [4.78, 5) is 7.06. The Morgan fingerprint density at radius 1 is 0.771 bits per heavy atom. The van der Waals surface area contributed by atoms with Crippen LogP contribution < -0.4 is 15.4 Å². The van der Waals surface area contributed by atoms with Gasteiger partial charge in [-0.25, -0.2) is 0 Å². The highest BCUT2D eigenvalue weighted by molar-refractivity contribution is 6.10. The first kappa shape index (κ1) is 32.6. The summed E-state index contributed by atoms with van der Waals surface area (Å²) in [5.74, 6) is 1.49. The van der Waals surface area contributed by atoms with Crippen molar-refractivity contribution in [1.82, 2.24) is 4.57 Å².